The largest absolute Gasteiger partial charge is 0.356 e. The highest BCUT2D eigenvalue weighted by Crippen LogP contribution is 2.25. The van der Waals surface area contributed by atoms with Crippen LogP contribution in [0.25, 0.3) is 6.08 Å². The lowest BCUT2D eigenvalue weighted by Crippen LogP contribution is -2.34. The van der Waals surface area contributed by atoms with Crippen LogP contribution in [0.2, 0.25) is 0 Å². The Morgan fingerprint density at radius 2 is 2.26 bits per heavy atom. The Hall–Kier alpha value is -1.93. The molecule has 1 saturated heterocycles. The van der Waals surface area contributed by atoms with Crippen molar-refractivity contribution < 1.29 is 13.2 Å². The van der Waals surface area contributed by atoms with E-state index >= 15 is 0 Å². The number of likely N-dealkylation sites (N-methyl/N-ethyl adjacent to an activating group) is 1. The molecule has 2 rings (SSSR count). The Morgan fingerprint density at radius 3 is 2.81 bits per heavy atom. The molecule has 1 atom stereocenters. The Labute approximate surface area is 162 Å². The van der Waals surface area contributed by atoms with Crippen molar-refractivity contribution in [2.75, 3.05) is 26.5 Å². The van der Waals surface area contributed by atoms with E-state index in [-0.39, 0.29) is 11.4 Å². The Bertz CT molecular complexity index is 805. The number of ether oxygens (including phenoxy) is 1. The van der Waals surface area contributed by atoms with Gasteiger partial charge in [0.25, 0.3) is 0 Å². The van der Waals surface area contributed by atoms with E-state index in [9.17, 15) is 8.42 Å². The van der Waals surface area contributed by atoms with Crippen LogP contribution in [-0.2, 0) is 21.0 Å². The van der Waals surface area contributed by atoms with Gasteiger partial charge in [0.05, 0.1) is 11.9 Å². The number of allylic oxidation sites excluding steroid dienone is 1. The van der Waals surface area contributed by atoms with Gasteiger partial charge in [-0.3, -0.25) is 0 Å². The van der Waals surface area contributed by atoms with Crippen molar-refractivity contribution in [2.45, 2.75) is 45.3 Å². The van der Waals surface area contributed by atoms with Crippen molar-refractivity contribution in [3.8, 4) is 0 Å². The number of rotatable bonds is 7. The lowest BCUT2D eigenvalue weighted by atomic mass is 10.1. The summed E-state index contributed by atoms with van der Waals surface area (Å²) in [5.74, 6) is 0. The van der Waals surface area contributed by atoms with Crippen LogP contribution in [-0.4, -0.2) is 54.7 Å². The third-order valence-corrected chi connectivity index (χ3v) is 5.64. The number of hydrogen-bond donors (Lipinski definition) is 0. The number of amidine groups is 1. The van der Waals surface area contributed by atoms with E-state index in [1.165, 1.54) is 6.26 Å². The van der Waals surface area contributed by atoms with Crippen molar-refractivity contribution in [3.63, 3.8) is 0 Å². The van der Waals surface area contributed by atoms with Gasteiger partial charge in [0.2, 0.25) is 15.0 Å². The Kier molecular flexibility index (Phi) is 7.38. The maximum atomic E-state index is 12.1. The number of aromatic nitrogens is 2. The number of aliphatic imine (C=N–C) groups is 1. The molecule has 27 heavy (non-hydrogen) atoms. The van der Waals surface area contributed by atoms with Gasteiger partial charge in [-0.15, -0.1) is 0 Å². The second-order valence-electron chi connectivity index (χ2n) is 6.78. The van der Waals surface area contributed by atoms with Gasteiger partial charge in [-0.1, -0.05) is 20.1 Å². The van der Waals surface area contributed by atoms with Gasteiger partial charge in [-0.05, 0) is 43.7 Å². The minimum Gasteiger partial charge on any atom is -0.356 e. The number of sulfone groups is 1. The molecule has 0 saturated carbocycles. The molecule has 0 bridgehead atoms. The summed E-state index contributed by atoms with van der Waals surface area (Å²) in [7, 11) is -1.72. The SMILES string of the molecule is C=Cc1c(CCN(C)C(=NC(=C)CC)S(C)(=O)=O)cnn1C1CCCCO1. The Balaban J connectivity index is 2.15. The van der Waals surface area contributed by atoms with Crippen molar-refractivity contribution in [1.29, 1.82) is 0 Å². The van der Waals surface area contributed by atoms with Crippen molar-refractivity contribution in [1.82, 2.24) is 14.7 Å². The minimum atomic E-state index is -3.45. The van der Waals surface area contributed by atoms with E-state index in [0.29, 0.717) is 25.1 Å². The summed E-state index contributed by atoms with van der Waals surface area (Å²) < 4.78 is 31.9. The minimum absolute atomic E-state index is 0.0394. The van der Waals surface area contributed by atoms with Crippen LogP contribution in [0, 0.1) is 0 Å². The quantitative estimate of drug-likeness (QED) is 0.525. The fraction of sp³-hybridized carbons (Fsp3) is 0.579. The summed E-state index contributed by atoms with van der Waals surface area (Å²) in [6.07, 6.45) is 9.06. The van der Waals surface area contributed by atoms with Gasteiger partial charge in [-0.25, -0.2) is 18.1 Å². The molecular formula is C19H30N4O3S. The average Bonchev–Trinajstić information content (AvgIpc) is 3.06. The lowest BCUT2D eigenvalue weighted by Gasteiger charge is -2.24. The predicted molar refractivity (Wildman–Crippen MR) is 109 cm³/mol. The highest BCUT2D eigenvalue weighted by Gasteiger charge is 2.22. The molecule has 0 aliphatic carbocycles. The van der Waals surface area contributed by atoms with Crippen LogP contribution in [0.4, 0.5) is 0 Å². The summed E-state index contributed by atoms with van der Waals surface area (Å²) in [6.45, 7) is 10.8. The zero-order chi connectivity index (χ0) is 20.0. The normalized spacial score (nSPS) is 18.3. The number of nitrogens with zero attached hydrogens (tertiary/aromatic N) is 4. The second-order valence-corrected chi connectivity index (χ2v) is 8.69. The molecule has 0 N–H and O–H groups in total. The molecule has 0 radical (unpaired) electrons. The van der Waals surface area contributed by atoms with E-state index in [1.807, 2.05) is 17.8 Å². The summed E-state index contributed by atoms with van der Waals surface area (Å²) in [5.41, 5.74) is 2.47. The first-order valence-electron chi connectivity index (χ1n) is 9.26. The highest BCUT2D eigenvalue weighted by atomic mass is 32.2. The average molecular weight is 395 g/mol. The van der Waals surface area contributed by atoms with Gasteiger partial charge >= 0.3 is 0 Å². The number of hydrogen-bond acceptors (Lipinski definition) is 5. The van der Waals surface area contributed by atoms with E-state index in [0.717, 1.165) is 37.1 Å². The summed E-state index contributed by atoms with van der Waals surface area (Å²) in [5, 5.41) is 4.52. The maximum Gasteiger partial charge on any atom is 0.223 e. The van der Waals surface area contributed by atoms with Crippen LogP contribution in [0.1, 0.15) is 50.1 Å². The molecule has 1 aliphatic rings. The second kappa shape index (κ2) is 9.32. The molecule has 1 aliphatic heterocycles. The van der Waals surface area contributed by atoms with Gasteiger partial charge in [0.1, 0.15) is 0 Å². The van der Waals surface area contributed by atoms with Crippen LogP contribution in [0.3, 0.4) is 0 Å². The fourth-order valence-electron chi connectivity index (χ4n) is 3.02. The van der Waals surface area contributed by atoms with Crippen LogP contribution >= 0.6 is 0 Å². The molecule has 7 nitrogen and oxygen atoms in total. The van der Waals surface area contributed by atoms with Crippen molar-refractivity contribution in [2.24, 2.45) is 4.99 Å². The van der Waals surface area contributed by atoms with E-state index in [1.54, 1.807) is 18.0 Å². The van der Waals surface area contributed by atoms with Crippen molar-refractivity contribution in [3.05, 3.63) is 36.3 Å². The van der Waals surface area contributed by atoms with E-state index in [4.69, 9.17) is 4.74 Å². The summed E-state index contributed by atoms with van der Waals surface area (Å²) in [4.78, 5) is 5.85. The molecular weight excluding hydrogens is 364 g/mol. The molecule has 0 amide bonds. The van der Waals surface area contributed by atoms with Crippen molar-refractivity contribution >= 4 is 21.1 Å². The summed E-state index contributed by atoms with van der Waals surface area (Å²) in [6, 6.07) is 0. The third-order valence-electron chi connectivity index (χ3n) is 4.57. The zero-order valence-electron chi connectivity index (χ0n) is 16.5. The van der Waals surface area contributed by atoms with Crippen LogP contribution < -0.4 is 0 Å². The molecule has 0 aromatic carbocycles. The monoisotopic (exact) mass is 394 g/mol. The van der Waals surface area contributed by atoms with Gasteiger partial charge in [0, 0.05) is 32.2 Å². The molecule has 8 heteroatoms. The maximum absolute atomic E-state index is 12.1. The first-order chi connectivity index (χ1) is 12.8. The van der Waals surface area contributed by atoms with E-state index in [2.05, 4.69) is 23.2 Å². The molecule has 150 valence electrons. The first-order valence-corrected chi connectivity index (χ1v) is 11.1. The molecule has 0 spiro atoms. The molecule has 1 aromatic heterocycles. The third kappa shape index (κ3) is 5.52. The zero-order valence-corrected chi connectivity index (χ0v) is 17.3. The topological polar surface area (TPSA) is 76.8 Å². The van der Waals surface area contributed by atoms with Gasteiger partial charge in [-0.2, -0.15) is 5.10 Å². The van der Waals surface area contributed by atoms with Crippen LogP contribution in [0.5, 0.6) is 0 Å². The smallest absolute Gasteiger partial charge is 0.223 e. The molecule has 1 unspecified atom stereocenters. The molecule has 1 aromatic rings. The fourth-order valence-corrected chi connectivity index (χ4v) is 3.97. The van der Waals surface area contributed by atoms with Gasteiger partial charge in [0.15, 0.2) is 6.23 Å². The summed E-state index contributed by atoms with van der Waals surface area (Å²) >= 11 is 0. The standard InChI is InChI=1S/C19H30N4O3S/c1-6-15(3)21-19(27(5,24)25)22(4)12-11-16-14-20-23(17(16)7-2)18-10-8-9-13-26-18/h7,14,18H,2-3,6,8-13H2,1,4-5H3. The first kappa shape index (κ1) is 21.4. The van der Waals surface area contributed by atoms with Crippen LogP contribution in [0.15, 0.2) is 30.0 Å². The van der Waals surface area contributed by atoms with E-state index < -0.39 is 9.84 Å². The highest BCUT2D eigenvalue weighted by molar-refractivity contribution is 8.05. The molecule has 1 fully saturated rings. The predicted octanol–water partition coefficient (Wildman–Crippen LogP) is 3.02. The van der Waals surface area contributed by atoms with Gasteiger partial charge < -0.3 is 9.64 Å². The Morgan fingerprint density at radius 1 is 1.52 bits per heavy atom. The lowest BCUT2D eigenvalue weighted by molar-refractivity contribution is -0.0398. The molecule has 2 heterocycles.